The Hall–Kier alpha value is -2.49. The molecule has 202 valence electrons. The van der Waals surface area contributed by atoms with Gasteiger partial charge in [-0.2, -0.15) is 4.98 Å². The second-order valence-corrected chi connectivity index (χ2v) is 13.3. The van der Waals surface area contributed by atoms with Crippen molar-refractivity contribution in [3.8, 4) is 11.5 Å². The molecule has 1 saturated carbocycles. The molecule has 0 radical (unpaired) electrons. The summed E-state index contributed by atoms with van der Waals surface area (Å²) in [6, 6.07) is 11.5. The third-order valence-electron chi connectivity index (χ3n) is 6.66. The smallest absolute Gasteiger partial charge is 0.259 e. The Morgan fingerprint density at radius 2 is 1.69 bits per heavy atom. The average molecular weight is 625 g/mol. The number of hydrogen-bond donors (Lipinski definition) is 0. The lowest BCUT2D eigenvalue weighted by atomic mass is 9.92. The summed E-state index contributed by atoms with van der Waals surface area (Å²) in [5, 5.41) is 5.91. The molecule has 12 heteroatoms. The zero-order valence-electron chi connectivity index (χ0n) is 20.5. The molecule has 4 aromatic rings. The number of carbonyl (C=O) groups is 1. The van der Waals surface area contributed by atoms with E-state index in [-0.39, 0.29) is 35.2 Å². The van der Waals surface area contributed by atoms with Crippen molar-refractivity contribution >= 4 is 62.0 Å². The van der Waals surface area contributed by atoms with Gasteiger partial charge in [-0.3, -0.25) is 9.78 Å². The summed E-state index contributed by atoms with van der Waals surface area (Å²) < 4.78 is 29.4. The molecule has 1 aliphatic carbocycles. The highest BCUT2D eigenvalue weighted by Gasteiger charge is 2.52. The van der Waals surface area contributed by atoms with E-state index < -0.39 is 15.3 Å². The van der Waals surface area contributed by atoms with Crippen molar-refractivity contribution in [1.82, 2.24) is 15.1 Å². The number of nitrogens with zero attached hydrogens (tertiary/aromatic N) is 3. The first-order valence-electron chi connectivity index (χ1n) is 12.0. The summed E-state index contributed by atoms with van der Waals surface area (Å²) >= 11 is 25.7. The topological polar surface area (TPSA) is 103 Å². The third-order valence-corrected chi connectivity index (χ3v) is 9.53. The molecule has 7 nitrogen and oxygen atoms in total. The molecule has 39 heavy (non-hydrogen) atoms. The highest BCUT2D eigenvalue weighted by atomic mass is 35.5. The molecule has 0 unspecified atom stereocenters. The Morgan fingerprint density at radius 1 is 0.974 bits per heavy atom. The van der Waals surface area contributed by atoms with Crippen LogP contribution in [0.1, 0.15) is 42.4 Å². The summed E-state index contributed by atoms with van der Waals surface area (Å²) in [7, 11) is -3.35. The summed E-state index contributed by atoms with van der Waals surface area (Å²) in [5.41, 5.74) is 1.79. The molecule has 0 saturated heterocycles. The van der Waals surface area contributed by atoms with Gasteiger partial charge in [0.15, 0.2) is 15.7 Å². The van der Waals surface area contributed by atoms with Gasteiger partial charge in [0.2, 0.25) is 0 Å². The van der Waals surface area contributed by atoms with Crippen LogP contribution < -0.4 is 0 Å². The van der Waals surface area contributed by atoms with Gasteiger partial charge >= 0.3 is 0 Å². The monoisotopic (exact) mass is 623 g/mol. The molecule has 0 amide bonds. The molecule has 2 aromatic heterocycles. The van der Waals surface area contributed by atoms with Gasteiger partial charge in [0.1, 0.15) is 5.78 Å². The molecule has 0 aliphatic heterocycles. The minimum absolute atomic E-state index is 0.0175. The Balaban J connectivity index is 1.33. The van der Waals surface area contributed by atoms with Crippen LogP contribution >= 0.6 is 46.4 Å². The quantitative estimate of drug-likeness (QED) is 0.198. The first kappa shape index (κ1) is 28.1. The molecule has 2 aromatic carbocycles. The third kappa shape index (κ3) is 5.72. The highest BCUT2D eigenvalue weighted by Crippen LogP contribution is 2.56. The van der Waals surface area contributed by atoms with E-state index in [0.717, 1.165) is 12.8 Å². The molecule has 2 heterocycles. The lowest BCUT2D eigenvalue weighted by molar-refractivity contribution is -0.117. The van der Waals surface area contributed by atoms with Crippen LogP contribution in [0.4, 0.5) is 0 Å². The van der Waals surface area contributed by atoms with Gasteiger partial charge in [-0.15, -0.1) is 0 Å². The van der Waals surface area contributed by atoms with Crippen molar-refractivity contribution in [2.24, 2.45) is 0 Å². The number of Topliss-reactive ketones (excluding diaryl/α,β-unsaturated/α-hetero) is 1. The van der Waals surface area contributed by atoms with Crippen LogP contribution in [0.3, 0.4) is 0 Å². The fourth-order valence-electron chi connectivity index (χ4n) is 4.44. The lowest BCUT2D eigenvalue weighted by Gasteiger charge is -2.16. The van der Waals surface area contributed by atoms with Crippen LogP contribution in [-0.2, 0) is 32.9 Å². The van der Waals surface area contributed by atoms with Crippen LogP contribution in [0.15, 0.2) is 58.1 Å². The van der Waals surface area contributed by atoms with Gasteiger partial charge in [0.05, 0.1) is 26.6 Å². The number of sulfone groups is 1. The molecule has 5 rings (SSSR count). The summed E-state index contributed by atoms with van der Waals surface area (Å²) in [6.07, 6.45) is 2.88. The predicted octanol–water partition coefficient (Wildman–Crippen LogP) is 6.97. The second kappa shape index (κ2) is 10.8. The van der Waals surface area contributed by atoms with Crippen molar-refractivity contribution < 1.29 is 17.7 Å². The maximum atomic E-state index is 12.7. The Kier molecular flexibility index (Phi) is 7.79. The molecule has 0 bridgehead atoms. The number of halogens is 4. The van der Waals surface area contributed by atoms with Crippen molar-refractivity contribution in [3.63, 3.8) is 0 Å². The van der Waals surface area contributed by atoms with E-state index >= 15 is 0 Å². The minimum atomic E-state index is -3.35. The second-order valence-electron chi connectivity index (χ2n) is 9.34. The summed E-state index contributed by atoms with van der Waals surface area (Å²) in [4.78, 5) is 21.6. The number of rotatable bonds is 9. The number of hydrogen-bond acceptors (Lipinski definition) is 7. The predicted molar refractivity (Wildman–Crippen MR) is 151 cm³/mol. The Bertz CT molecular complexity index is 1660. The molecule has 1 aliphatic rings. The van der Waals surface area contributed by atoms with Crippen LogP contribution in [0.25, 0.3) is 11.5 Å². The Morgan fingerprint density at radius 3 is 2.28 bits per heavy atom. The molecule has 0 spiro atoms. The molecule has 0 atom stereocenters. The van der Waals surface area contributed by atoms with Gasteiger partial charge in [-0.1, -0.05) is 58.5 Å². The van der Waals surface area contributed by atoms with Gasteiger partial charge in [0, 0.05) is 45.4 Å². The van der Waals surface area contributed by atoms with E-state index in [1.807, 2.05) is 0 Å². The number of pyridine rings is 1. The summed E-state index contributed by atoms with van der Waals surface area (Å²) in [5.74, 6) is 0.588. The van der Waals surface area contributed by atoms with Crippen molar-refractivity contribution in [2.75, 3.05) is 5.75 Å². The van der Waals surface area contributed by atoms with Crippen LogP contribution in [0.2, 0.25) is 20.1 Å². The van der Waals surface area contributed by atoms with Gasteiger partial charge < -0.3 is 4.52 Å². The van der Waals surface area contributed by atoms with E-state index in [1.165, 1.54) is 12.3 Å². The first-order valence-corrected chi connectivity index (χ1v) is 15.2. The average Bonchev–Trinajstić information content (AvgIpc) is 3.51. The standard InChI is InChI=1S/C27H21Cl4N3O4S/c1-2-39(36,37)19-5-4-17(32-14-19)13-18(35)9-15-10-22(30)24(23(31)11-15)27(7-8-27)26-33-25(38-34-26)20-6-3-16(28)12-21(20)29/h3-6,10-12,14H,2,7-9,13H2,1H3. The molecular weight excluding hydrogens is 604 g/mol. The van der Waals surface area contributed by atoms with E-state index in [2.05, 4.69) is 15.1 Å². The maximum Gasteiger partial charge on any atom is 0.259 e. The van der Waals surface area contributed by atoms with Crippen LogP contribution in [-0.4, -0.2) is 35.1 Å². The fourth-order valence-corrected chi connectivity index (χ4v) is 6.65. The number of carbonyl (C=O) groups excluding carboxylic acids is 1. The van der Waals surface area contributed by atoms with E-state index in [9.17, 15) is 13.2 Å². The van der Waals surface area contributed by atoms with E-state index in [0.29, 0.717) is 48.3 Å². The zero-order chi connectivity index (χ0) is 27.9. The molecule has 0 N–H and O–H groups in total. The number of benzene rings is 2. The van der Waals surface area contributed by atoms with E-state index in [1.54, 1.807) is 43.3 Å². The number of ketones is 1. The van der Waals surface area contributed by atoms with Gasteiger partial charge in [-0.25, -0.2) is 8.42 Å². The lowest BCUT2D eigenvalue weighted by Crippen LogP contribution is -2.14. The summed E-state index contributed by atoms with van der Waals surface area (Å²) in [6.45, 7) is 1.57. The largest absolute Gasteiger partial charge is 0.334 e. The molecule has 1 fully saturated rings. The highest BCUT2D eigenvalue weighted by molar-refractivity contribution is 7.91. The maximum absolute atomic E-state index is 12.7. The van der Waals surface area contributed by atoms with Crippen LogP contribution in [0, 0.1) is 0 Å². The molecular formula is C27H21Cl4N3O4S. The fraction of sp³-hybridized carbons (Fsp3) is 0.259. The zero-order valence-corrected chi connectivity index (χ0v) is 24.4. The van der Waals surface area contributed by atoms with Gasteiger partial charge in [0.25, 0.3) is 5.89 Å². The van der Waals surface area contributed by atoms with Crippen molar-refractivity contribution in [1.29, 1.82) is 0 Å². The van der Waals surface area contributed by atoms with Crippen LogP contribution in [0.5, 0.6) is 0 Å². The normalized spacial score (nSPS) is 14.4. The SMILES string of the molecule is CCS(=O)(=O)c1ccc(CC(=O)Cc2cc(Cl)c(C3(c4noc(-c5ccc(Cl)cc5Cl)n4)CC3)c(Cl)c2)nc1. The Labute approximate surface area is 245 Å². The number of aromatic nitrogens is 3. The van der Waals surface area contributed by atoms with Crippen molar-refractivity contribution in [3.05, 3.63) is 91.4 Å². The van der Waals surface area contributed by atoms with Gasteiger partial charge in [-0.05, 0) is 60.9 Å². The van der Waals surface area contributed by atoms with E-state index in [4.69, 9.17) is 50.9 Å². The minimum Gasteiger partial charge on any atom is -0.334 e. The first-order chi connectivity index (χ1) is 18.5. The van der Waals surface area contributed by atoms with Crippen molar-refractivity contribution in [2.45, 2.75) is 42.9 Å².